The molecule has 1 N–H and O–H groups in total. The fourth-order valence-electron chi connectivity index (χ4n) is 1.07. The van der Waals surface area contributed by atoms with Crippen molar-refractivity contribution in [3.8, 4) is 0 Å². The topological polar surface area (TPSA) is 90.5 Å². The molecule has 2 aromatic heterocycles. The molecule has 0 spiro atoms. The van der Waals surface area contributed by atoms with E-state index in [1.54, 1.807) is 0 Å². The molecule has 2 aromatic rings. The van der Waals surface area contributed by atoms with E-state index in [-0.39, 0.29) is 11.6 Å². The molecule has 0 atom stereocenters. The zero-order valence-electron chi connectivity index (χ0n) is 8.58. The van der Waals surface area contributed by atoms with E-state index in [0.717, 1.165) is 6.20 Å². The molecule has 0 aliphatic rings. The van der Waals surface area contributed by atoms with Crippen molar-refractivity contribution in [3.05, 3.63) is 18.0 Å². The minimum atomic E-state index is -2.78. The molecule has 90 valence electrons. The van der Waals surface area contributed by atoms with Gasteiger partial charge < -0.3 is 0 Å². The van der Waals surface area contributed by atoms with Crippen LogP contribution in [-0.2, 0) is 7.05 Å². The number of anilines is 1. The number of halogens is 2. The molecule has 0 aliphatic carbocycles. The van der Waals surface area contributed by atoms with E-state index in [1.807, 2.05) is 0 Å². The Bertz CT molecular complexity index is 534. The largest absolute Gasteiger partial charge is 0.333 e. The second-order valence-electron chi connectivity index (χ2n) is 3.04. The fraction of sp³-hybridized carbons (Fsp3) is 0.286. The Labute approximate surface area is 93.2 Å². The highest BCUT2D eigenvalue weighted by molar-refractivity contribution is 6.01. The third-order valence-corrected chi connectivity index (χ3v) is 1.89. The number of hydrogen-bond donors (Lipinski definition) is 1. The molecule has 10 heteroatoms. The molecule has 0 fully saturated rings. The maximum absolute atomic E-state index is 12.2. The van der Waals surface area contributed by atoms with Crippen LogP contribution in [0.1, 0.15) is 17.0 Å². The number of nitrogens with zero attached hydrogens (tertiary/aromatic N) is 6. The predicted molar refractivity (Wildman–Crippen MR) is 50.2 cm³/mol. The van der Waals surface area contributed by atoms with Crippen LogP contribution >= 0.6 is 0 Å². The van der Waals surface area contributed by atoms with Gasteiger partial charge >= 0.3 is 6.55 Å². The summed E-state index contributed by atoms with van der Waals surface area (Å²) in [5.41, 5.74) is -0.145. The summed E-state index contributed by atoms with van der Waals surface area (Å²) >= 11 is 0. The van der Waals surface area contributed by atoms with Crippen LogP contribution < -0.4 is 5.32 Å². The van der Waals surface area contributed by atoms with Crippen LogP contribution in [0.15, 0.2) is 12.3 Å². The minimum absolute atomic E-state index is 0.0987. The van der Waals surface area contributed by atoms with Crippen molar-refractivity contribution in [3.63, 3.8) is 0 Å². The Morgan fingerprint density at radius 1 is 1.53 bits per heavy atom. The van der Waals surface area contributed by atoms with Crippen molar-refractivity contribution in [2.24, 2.45) is 7.05 Å². The van der Waals surface area contributed by atoms with Gasteiger partial charge in [-0.1, -0.05) is 5.10 Å². The first-order chi connectivity index (χ1) is 8.08. The lowest BCUT2D eigenvalue weighted by Crippen LogP contribution is -2.16. The second-order valence-corrected chi connectivity index (χ2v) is 3.04. The average Bonchev–Trinajstić information content (AvgIpc) is 2.88. The number of aryl methyl sites for hydroxylation is 1. The van der Waals surface area contributed by atoms with Crippen molar-refractivity contribution in [1.29, 1.82) is 0 Å². The van der Waals surface area contributed by atoms with Crippen LogP contribution in [0.3, 0.4) is 0 Å². The molecular weight excluding hydrogens is 236 g/mol. The van der Waals surface area contributed by atoms with E-state index in [9.17, 15) is 13.6 Å². The van der Waals surface area contributed by atoms with Crippen molar-refractivity contribution >= 4 is 11.9 Å². The number of amides is 1. The molecule has 17 heavy (non-hydrogen) atoms. The molecule has 0 aromatic carbocycles. The molecule has 2 heterocycles. The van der Waals surface area contributed by atoms with Gasteiger partial charge in [-0.05, 0) is 16.5 Å². The maximum atomic E-state index is 12.2. The lowest BCUT2D eigenvalue weighted by molar-refractivity contribution is 0.0561. The second kappa shape index (κ2) is 4.23. The van der Waals surface area contributed by atoms with Crippen LogP contribution in [-0.4, -0.2) is 35.9 Å². The molecule has 0 saturated heterocycles. The van der Waals surface area contributed by atoms with Gasteiger partial charge in [0.1, 0.15) is 0 Å². The average molecular weight is 243 g/mol. The fourth-order valence-corrected chi connectivity index (χ4v) is 1.07. The van der Waals surface area contributed by atoms with Crippen molar-refractivity contribution in [2.75, 3.05) is 5.32 Å². The quantitative estimate of drug-likeness (QED) is 0.822. The smallest absolute Gasteiger partial charge is 0.288 e. The normalized spacial score (nSPS) is 10.8. The van der Waals surface area contributed by atoms with Crippen molar-refractivity contribution < 1.29 is 13.6 Å². The monoisotopic (exact) mass is 243 g/mol. The zero-order valence-corrected chi connectivity index (χ0v) is 8.58. The number of carbonyl (C=O) groups is 1. The number of tetrazole rings is 1. The summed E-state index contributed by atoms with van der Waals surface area (Å²) < 4.78 is 26.0. The molecule has 2 rings (SSSR count). The van der Waals surface area contributed by atoms with E-state index in [1.165, 1.54) is 17.8 Å². The molecule has 1 amide bonds. The molecule has 0 saturated carbocycles. The van der Waals surface area contributed by atoms with Crippen LogP contribution in [0.4, 0.5) is 14.7 Å². The highest BCUT2D eigenvalue weighted by atomic mass is 19.3. The van der Waals surface area contributed by atoms with Gasteiger partial charge in [0.05, 0.1) is 0 Å². The van der Waals surface area contributed by atoms with Crippen LogP contribution in [0, 0.1) is 0 Å². The Morgan fingerprint density at radius 2 is 2.29 bits per heavy atom. The standard InChI is InChI=1S/C7H7F2N7O/c1-15-7(11-13-14-15)10-5(17)4-2-3-16(12-4)6(8)9/h2-3,6H,1H3,(H,10,11,14,17). The number of hydrogen-bond acceptors (Lipinski definition) is 5. The van der Waals surface area contributed by atoms with Gasteiger partial charge in [0.2, 0.25) is 5.95 Å². The molecule has 0 bridgehead atoms. The number of nitrogens with one attached hydrogen (secondary N) is 1. The summed E-state index contributed by atoms with van der Waals surface area (Å²) in [7, 11) is 1.52. The molecule has 0 unspecified atom stereocenters. The lowest BCUT2D eigenvalue weighted by atomic mass is 10.4. The summed E-state index contributed by atoms with van der Waals surface area (Å²) in [5.74, 6) is -0.566. The number of alkyl halides is 2. The van der Waals surface area contributed by atoms with E-state index < -0.39 is 12.5 Å². The van der Waals surface area contributed by atoms with E-state index in [2.05, 4.69) is 25.9 Å². The van der Waals surface area contributed by atoms with Gasteiger partial charge in [-0.15, -0.1) is 0 Å². The zero-order chi connectivity index (χ0) is 12.4. The van der Waals surface area contributed by atoms with Gasteiger partial charge in [0.25, 0.3) is 5.91 Å². The summed E-state index contributed by atoms with van der Waals surface area (Å²) in [6.07, 6.45) is 1.01. The van der Waals surface area contributed by atoms with Crippen LogP contribution in [0.5, 0.6) is 0 Å². The Kier molecular flexibility index (Phi) is 2.77. The maximum Gasteiger partial charge on any atom is 0.333 e. The predicted octanol–water partition coefficient (Wildman–Crippen LogP) is 0.0540. The lowest BCUT2D eigenvalue weighted by Gasteiger charge is -2.00. The highest BCUT2D eigenvalue weighted by Gasteiger charge is 2.15. The van der Waals surface area contributed by atoms with E-state index in [4.69, 9.17) is 0 Å². The molecule has 0 radical (unpaired) electrons. The summed E-state index contributed by atoms with van der Waals surface area (Å²) in [5, 5.41) is 16.0. The van der Waals surface area contributed by atoms with E-state index >= 15 is 0 Å². The third-order valence-electron chi connectivity index (χ3n) is 1.89. The minimum Gasteiger partial charge on any atom is -0.288 e. The van der Waals surface area contributed by atoms with Crippen LogP contribution in [0.2, 0.25) is 0 Å². The number of carbonyl (C=O) groups excluding carboxylic acids is 1. The molecular formula is C7H7F2N7O. The summed E-state index contributed by atoms with van der Waals surface area (Å²) in [6, 6.07) is 1.17. The van der Waals surface area contributed by atoms with Gasteiger partial charge in [-0.25, -0.2) is 9.36 Å². The SMILES string of the molecule is Cn1nnnc1NC(=O)c1ccn(C(F)F)n1. The Hall–Kier alpha value is -2.39. The van der Waals surface area contributed by atoms with Gasteiger partial charge in [-0.3, -0.25) is 10.1 Å². The molecule has 8 nitrogen and oxygen atoms in total. The first-order valence-corrected chi connectivity index (χ1v) is 4.45. The van der Waals surface area contributed by atoms with Crippen molar-refractivity contribution in [2.45, 2.75) is 6.55 Å². The Morgan fingerprint density at radius 3 is 2.82 bits per heavy atom. The van der Waals surface area contributed by atoms with E-state index in [0.29, 0.717) is 4.68 Å². The Balaban J connectivity index is 2.12. The summed E-state index contributed by atoms with van der Waals surface area (Å²) in [6.45, 7) is -2.78. The number of aromatic nitrogens is 6. The number of rotatable bonds is 3. The van der Waals surface area contributed by atoms with Gasteiger partial charge in [-0.2, -0.15) is 13.9 Å². The molecule has 0 aliphatic heterocycles. The summed E-state index contributed by atoms with van der Waals surface area (Å²) in [4.78, 5) is 11.6. The van der Waals surface area contributed by atoms with Gasteiger partial charge in [0, 0.05) is 13.2 Å². The van der Waals surface area contributed by atoms with Crippen molar-refractivity contribution in [1.82, 2.24) is 30.0 Å². The first-order valence-electron chi connectivity index (χ1n) is 4.45. The van der Waals surface area contributed by atoms with Crippen LogP contribution in [0.25, 0.3) is 0 Å². The third kappa shape index (κ3) is 2.24. The first kappa shape index (κ1) is 11.1. The van der Waals surface area contributed by atoms with Gasteiger partial charge in [0.15, 0.2) is 5.69 Å². The highest BCUT2D eigenvalue weighted by Crippen LogP contribution is 2.09.